The fraction of sp³-hybridized carbons (Fsp3) is 0.348. The highest BCUT2D eigenvalue weighted by atomic mass is 16.3. The number of piperazine rings is 1. The van der Waals surface area contributed by atoms with Crippen molar-refractivity contribution >= 4 is 17.7 Å². The molecule has 0 saturated carbocycles. The molecule has 0 aromatic heterocycles. The van der Waals surface area contributed by atoms with Gasteiger partial charge in [0.05, 0.1) is 43.9 Å². The van der Waals surface area contributed by atoms with Crippen LogP contribution in [0.3, 0.4) is 0 Å². The van der Waals surface area contributed by atoms with Crippen molar-refractivity contribution in [2.75, 3.05) is 39.3 Å². The monoisotopic (exact) mass is 408 g/mol. The second-order valence-electron chi connectivity index (χ2n) is 7.78. The lowest BCUT2D eigenvalue weighted by molar-refractivity contribution is -0.904. The van der Waals surface area contributed by atoms with Gasteiger partial charge in [-0.05, 0) is 17.7 Å². The molecule has 0 bridgehead atoms. The summed E-state index contributed by atoms with van der Waals surface area (Å²) in [6, 6.07) is 15.3. The average molecular weight is 408 g/mol. The molecule has 4 rings (SSSR count). The van der Waals surface area contributed by atoms with Crippen LogP contribution in [0.1, 0.15) is 26.3 Å². The van der Waals surface area contributed by atoms with E-state index in [9.17, 15) is 14.4 Å². The van der Waals surface area contributed by atoms with Crippen molar-refractivity contribution in [2.24, 2.45) is 0 Å². The van der Waals surface area contributed by atoms with Gasteiger partial charge in [-0.15, -0.1) is 0 Å². The molecule has 30 heavy (non-hydrogen) atoms. The Morgan fingerprint density at radius 1 is 0.933 bits per heavy atom. The Kier molecular flexibility index (Phi) is 5.92. The molecule has 0 spiro atoms. The molecule has 2 aliphatic rings. The molecule has 1 atom stereocenters. The van der Waals surface area contributed by atoms with Gasteiger partial charge in [0, 0.05) is 6.42 Å². The topological polar surface area (TPSA) is 82.4 Å². The first-order valence-electron chi connectivity index (χ1n) is 10.3. The molecule has 0 aliphatic carbocycles. The van der Waals surface area contributed by atoms with Crippen molar-refractivity contribution in [1.82, 2.24) is 9.80 Å². The van der Waals surface area contributed by atoms with E-state index in [1.807, 2.05) is 30.3 Å². The molecule has 1 fully saturated rings. The predicted molar refractivity (Wildman–Crippen MR) is 110 cm³/mol. The highest BCUT2D eigenvalue weighted by Gasteiger charge is 2.44. The summed E-state index contributed by atoms with van der Waals surface area (Å²) in [6.07, 6.45) is 0.287. The molecule has 0 radical (unpaired) electrons. The van der Waals surface area contributed by atoms with E-state index >= 15 is 0 Å². The van der Waals surface area contributed by atoms with Crippen LogP contribution in [0.25, 0.3) is 0 Å². The lowest BCUT2D eigenvalue weighted by atomic mass is 10.0. The molecule has 2 aromatic carbocycles. The molecule has 1 unspecified atom stereocenters. The number of nitrogens with zero attached hydrogens (tertiary/aromatic N) is 2. The molecule has 2 N–H and O–H groups in total. The number of rotatable bonds is 6. The largest absolute Gasteiger partial charge is 0.391 e. The normalized spacial score (nSPS) is 17.9. The van der Waals surface area contributed by atoms with E-state index in [0.717, 1.165) is 23.6 Å². The number of amides is 3. The predicted octanol–water partition coefficient (Wildman–Crippen LogP) is -0.387. The third kappa shape index (κ3) is 3.86. The van der Waals surface area contributed by atoms with Gasteiger partial charge in [0.2, 0.25) is 5.91 Å². The molecule has 2 heterocycles. The third-order valence-corrected chi connectivity index (χ3v) is 5.94. The average Bonchev–Trinajstić information content (AvgIpc) is 3.03. The molecule has 1 saturated heterocycles. The lowest BCUT2D eigenvalue weighted by Crippen LogP contribution is -3.15. The summed E-state index contributed by atoms with van der Waals surface area (Å²) < 4.78 is 0. The van der Waals surface area contributed by atoms with Gasteiger partial charge < -0.3 is 14.9 Å². The quantitative estimate of drug-likeness (QED) is 0.638. The van der Waals surface area contributed by atoms with Crippen LogP contribution < -0.4 is 4.90 Å². The number of benzene rings is 2. The SMILES string of the molecule is O=C(C(Cc1ccccc1)N1C(=O)c2ccccc2C1=O)N1CC[NH+](CCO)CC1. The van der Waals surface area contributed by atoms with Crippen LogP contribution in [0.5, 0.6) is 0 Å². The van der Waals surface area contributed by atoms with E-state index < -0.39 is 17.9 Å². The number of hydrogen-bond donors (Lipinski definition) is 2. The number of aliphatic hydroxyl groups excluding tert-OH is 1. The molecule has 156 valence electrons. The Bertz CT molecular complexity index is 903. The van der Waals surface area contributed by atoms with Crippen molar-refractivity contribution < 1.29 is 24.4 Å². The zero-order valence-electron chi connectivity index (χ0n) is 16.8. The minimum atomic E-state index is -0.876. The van der Waals surface area contributed by atoms with Crippen LogP contribution in [0.15, 0.2) is 54.6 Å². The van der Waals surface area contributed by atoms with Crippen LogP contribution in [0, 0.1) is 0 Å². The Balaban J connectivity index is 1.60. The van der Waals surface area contributed by atoms with Crippen molar-refractivity contribution in [3.63, 3.8) is 0 Å². The number of nitrogens with one attached hydrogen (secondary N) is 1. The molecular formula is C23H26N3O4+. The molecule has 7 heteroatoms. The summed E-state index contributed by atoms with van der Waals surface area (Å²) in [5, 5.41) is 9.15. The van der Waals surface area contributed by atoms with E-state index in [1.165, 1.54) is 4.90 Å². The van der Waals surface area contributed by atoms with Crippen LogP contribution in [0.4, 0.5) is 0 Å². The number of carbonyl (C=O) groups is 3. The van der Waals surface area contributed by atoms with Gasteiger partial charge >= 0.3 is 0 Å². The Morgan fingerprint density at radius 3 is 2.07 bits per heavy atom. The molecule has 2 aromatic rings. The maximum atomic E-state index is 13.5. The van der Waals surface area contributed by atoms with Gasteiger partial charge in [0.15, 0.2) is 0 Å². The van der Waals surface area contributed by atoms with Gasteiger partial charge in [-0.3, -0.25) is 19.3 Å². The summed E-state index contributed by atoms with van der Waals surface area (Å²) in [4.78, 5) is 43.8. The zero-order chi connectivity index (χ0) is 21.1. The van der Waals surface area contributed by atoms with E-state index in [4.69, 9.17) is 5.11 Å². The van der Waals surface area contributed by atoms with Crippen LogP contribution in [0.2, 0.25) is 0 Å². The van der Waals surface area contributed by atoms with Crippen LogP contribution >= 0.6 is 0 Å². The van der Waals surface area contributed by atoms with Crippen LogP contribution in [-0.4, -0.2) is 78.0 Å². The second-order valence-corrected chi connectivity index (χ2v) is 7.78. The molecule has 7 nitrogen and oxygen atoms in total. The first-order valence-corrected chi connectivity index (χ1v) is 10.3. The highest BCUT2D eigenvalue weighted by Crippen LogP contribution is 2.26. The molecule has 2 aliphatic heterocycles. The Hall–Kier alpha value is -3.03. The summed E-state index contributed by atoms with van der Waals surface area (Å²) in [7, 11) is 0. The molecule has 3 amide bonds. The van der Waals surface area contributed by atoms with Gasteiger partial charge in [-0.25, -0.2) is 0 Å². The van der Waals surface area contributed by atoms with E-state index in [0.29, 0.717) is 30.8 Å². The van der Waals surface area contributed by atoms with Gasteiger partial charge in [-0.1, -0.05) is 42.5 Å². The fourth-order valence-corrected chi connectivity index (χ4v) is 4.28. The molecular weight excluding hydrogens is 382 g/mol. The first kappa shape index (κ1) is 20.3. The standard InChI is InChI=1S/C23H25N3O4/c27-15-14-24-10-12-25(13-11-24)23(30)20(16-17-6-2-1-3-7-17)26-21(28)18-8-4-5-9-19(18)22(26)29/h1-9,20,27H,10-16H2/p+1. The van der Waals surface area contributed by atoms with Crippen molar-refractivity contribution in [3.05, 3.63) is 71.3 Å². The van der Waals surface area contributed by atoms with E-state index in [1.54, 1.807) is 29.2 Å². The van der Waals surface area contributed by atoms with Crippen molar-refractivity contribution in [1.29, 1.82) is 0 Å². The maximum Gasteiger partial charge on any atom is 0.262 e. The summed E-state index contributed by atoms with van der Waals surface area (Å²) >= 11 is 0. The lowest BCUT2D eigenvalue weighted by Gasteiger charge is -2.36. The van der Waals surface area contributed by atoms with E-state index in [2.05, 4.69) is 0 Å². The Morgan fingerprint density at radius 2 is 1.50 bits per heavy atom. The van der Waals surface area contributed by atoms with E-state index in [-0.39, 0.29) is 18.9 Å². The number of fused-ring (bicyclic) bond motifs is 1. The summed E-state index contributed by atoms with van der Waals surface area (Å²) in [6.45, 7) is 3.35. The van der Waals surface area contributed by atoms with Gasteiger partial charge in [0.25, 0.3) is 11.8 Å². The van der Waals surface area contributed by atoms with Crippen molar-refractivity contribution in [3.8, 4) is 0 Å². The number of carbonyl (C=O) groups excluding carboxylic acids is 3. The van der Waals surface area contributed by atoms with Crippen molar-refractivity contribution in [2.45, 2.75) is 12.5 Å². The number of imide groups is 1. The smallest absolute Gasteiger partial charge is 0.262 e. The first-order chi connectivity index (χ1) is 14.6. The summed E-state index contributed by atoms with van der Waals surface area (Å²) in [5.41, 5.74) is 1.60. The zero-order valence-corrected chi connectivity index (χ0v) is 16.8. The number of aliphatic hydroxyl groups is 1. The van der Waals surface area contributed by atoms with Gasteiger partial charge in [-0.2, -0.15) is 0 Å². The number of quaternary nitrogens is 1. The van der Waals surface area contributed by atoms with Crippen LogP contribution in [-0.2, 0) is 11.2 Å². The second kappa shape index (κ2) is 8.77. The minimum absolute atomic E-state index is 0.120. The highest BCUT2D eigenvalue weighted by molar-refractivity contribution is 6.22. The minimum Gasteiger partial charge on any atom is -0.391 e. The maximum absolute atomic E-state index is 13.5. The summed E-state index contributed by atoms with van der Waals surface area (Å²) in [5.74, 6) is -1.01. The van der Waals surface area contributed by atoms with Gasteiger partial charge in [0.1, 0.15) is 12.6 Å². The fourth-order valence-electron chi connectivity index (χ4n) is 4.28. The Labute approximate surface area is 175 Å². The number of hydrogen-bond acceptors (Lipinski definition) is 4. The third-order valence-electron chi connectivity index (χ3n) is 5.94.